The summed E-state index contributed by atoms with van der Waals surface area (Å²) in [6.45, 7) is 3.43. The van der Waals surface area contributed by atoms with Gasteiger partial charge < -0.3 is 15.5 Å². The Bertz CT molecular complexity index is 276. The standard InChI is InChI=1S/C10H17N3O2/c1-7(14)13-5-4-11-9(6-13)10(15)12-8-2-3-8/h8-9,11H,2-6H2,1H3,(H,12,15). The highest BCUT2D eigenvalue weighted by atomic mass is 16.2. The minimum atomic E-state index is -0.233. The SMILES string of the molecule is CC(=O)N1CCNC(C(=O)NC2CC2)C1. The van der Waals surface area contributed by atoms with Gasteiger partial charge in [0.1, 0.15) is 6.04 Å². The van der Waals surface area contributed by atoms with Crippen molar-refractivity contribution in [1.82, 2.24) is 15.5 Å². The zero-order chi connectivity index (χ0) is 10.8. The summed E-state index contributed by atoms with van der Waals surface area (Å²) in [5.74, 6) is 0.0733. The molecule has 0 spiro atoms. The third-order valence-electron chi connectivity index (χ3n) is 2.86. The fourth-order valence-corrected chi connectivity index (χ4v) is 1.74. The maximum atomic E-state index is 11.7. The molecule has 5 heteroatoms. The summed E-state index contributed by atoms with van der Waals surface area (Å²) in [7, 11) is 0. The molecule has 1 unspecified atom stereocenters. The minimum absolute atomic E-state index is 0.0310. The van der Waals surface area contributed by atoms with Gasteiger partial charge in [0, 0.05) is 32.6 Å². The Hall–Kier alpha value is -1.10. The molecule has 2 aliphatic rings. The van der Waals surface area contributed by atoms with Crippen molar-refractivity contribution in [1.29, 1.82) is 0 Å². The van der Waals surface area contributed by atoms with Gasteiger partial charge in [0.15, 0.2) is 0 Å². The van der Waals surface area contributed by atoms with E-state index in [1.54, 1.807) is 11.8 Å². The molecular formula is C10H17N3O2. The van der Waals surface area contributed by atoms with E-state index in [2.05, 4.69) is 10.6 Å². The second-order valence-electron chi connectivity index (χ2n) is 4.25. The van der Waals surface area contributed by atoms with E-state index in [0.717, 1.165) is 12.8 Å². The van der Waals surface area contributed by atoms with Gasteiger partial charge in [-0.05, 0) is 12.8 Å². The number of amides is 2. The molecule has 1 atom stereocenters. The minimum Gasteiger partial charge on any atom is -0.352 e. The number of piperazine rings is 1. The normalized spacial score (nSPS) is 26.2. The van der Waals surface area contributed by atoms with Crippen molar-refractivity contribution in [3.8, 4) is 0 Å². The number of carbonyl (C=O) groups is 2. The second-order valence-corrected chi connectivity index (χ2v) is 4.25. The lowest BCUT2D eigenvalue weighted by Gasteiger charge is -2.32. The molecule has 1 aliphatic heterocycles. The summed E-state index contributed by atoms with van der Waals surface area (Å²) in [6, 6.07) is 0.148. The van der Waals surface area contributed by atoms with Crippen LogP contribution in [0.4, 0.5) is 0 Å². The van der Waals surface area contributed by atoms with Gasteiger partial charge in [-0.15, -0.1) is 0 Å². The fourth-order valence-electron chi connectivity index (χ4n) is 1.74. The van der Waals surface area contributed by atoms with Crippen LogP contribution in [0.1, 0.15) is 19.8 Å². The Balaban J connectivity index is 1.85. The van der Waals surface area contributed by atoms with E-state index in [9.17, 15) is 9.59 Å². The van der Waals surface area contributed by atoms with Gasteiger partial charge >= 0.3 is 0 Å². The van der Waals surface area contributed by atoms with Gasteiger partial charge in [-0.3, -0.25) is 9.59 Å². The molecule has 2 fully saturated rings. The second kappa shape index (κ2) is 4.18. The van der Waals surface area contributed by atoms with Gasteiger partial charge in [0.25, 0.3) is 0 Å². The average molecular weight is 211 g/mol. The van der Waals surface area contributed by atoms with Crippen molar-refractivity contribution in [3.63, 3.8) is 0 Å². The lowest BCUT2D eigenvalue weighted by atomic mass is 10.2. The molecule has 15 heavy (non-hydrogen) atoms. The van der Waals surface area contributed by atoms with Crippen LogP contribution in [0.15, 0.2) is 0 Å². The predicted molar refractivity (Wildman–Crippen MR) is 55.2 cm³/mol. The Kier molecular flexibility index (Phi) is 2.90. The molecule has 1 saturated heterocycles. The number of hydrogen-bond donors (Lipinski definition) is 2. The number of nitrogens with zero attached hydrogens (tertiary/aromatic N) is 1. The quantitative estimate of drug-likeness (QED) is 0.621. The van der Waals surface area contributed by atoms with Gasteiger partial charge in [-0.25, -0.2) is 0 Å². The first kappa shape index (κ1) is 10.4. The Morgan fingerprint density at radius 3 is 2.73 bits per heavy atom. The lowest BCUT2D eigenvalue weighted by molar-refractivity contribution is -0.132. The first-order chi connectivity index (χ1) is 7.16. The maximum Gasteiger partial charge on any atom is 0.239 e. The van der Waals surface area contributed by atoms with Crippen LogP contribution in [0.2, 0.25) is 0 Å². The van der Waals surface area contributed by atoms with Crippen LogP contribution in [0.5, 0.6) is 0 Å². The van der Waals surface area contributed by atoms with Crippen molar-refractivity contribution < 1.29 is 9.59 Å². The van der Waals surface area contributed by atoms with Crippen LogP contribution < -0.4 is 10.6 Å². The largest absolute Gasteiger partial charge is 0.352 e. The van der Waals surface area contributed by atoms with Crippen molar-refractivity contribution in [3.05, 3.63) is 0 Å². The molecule has 84 valence electrons. The average Bonchev–Trinajstić information content (AvgIpc) is 3.02. The maximum absolute atomic E-state index is 11.7. The Morgan fingerprint density at radius 1 is 1.40 bits per heavy atom. The fraction of sp³-hybridized carbons (Fsp3) is 0.800. The topological polar surface area (TPSA) is 61.4 Å². The van der Waals surface area contributed by atoms with Crippen LogP contribution >= 0.6 is 0 Å². The van der Waals surface area contributed by atoms with Gasteiger partial charge in [0.2, 0.25) is 11.8 Å². The van der Waals surface area contributed by atoms with Gasteiger partial charge in [-0.1, -0.05) is 0 Å². The third kappa shape index (κ3) is 2.68. The van der Waals surface area contributed by atoms with Crippen molar-refractivity contribution in [2.24, 2.45) is 0 Å². The zero-order valence-electron chi connectivity index (χ0n) is 8.95. The van der Waals surface area contributed by atoms with Crippen LogP contribution in [-0.4, -0.2) is 48.4 Å². The van der Waals surface area contributed by atoms with Crippen LogP contribution in [0, 0.1) is 0 Å². The first-order valence-corrected chi connectivity index (χ1v) is 5.46. The van der Waals surface area contributed by atoms with E-state index in [4.69, 9.17) is 0 Å². The van der Waals surface area contributed by atoms with E-state index < -0.39 is 0 Å². The van der Waals surface area contributed by atoms with Crippen LogP contribution in [0.3, 0.4) is 0 Å². The number of hydrogen-bond acceptors (Lipinski definition) is 3. The van der Waals surface area contributed by atoms with Crippen molar-refractivity contribution >= 4 is 11.8 Å². The summed E-state index contributed by atoms with van der Waals surface area (Å²) in [4.78, 5) is 24.6. The summed E-state index contributed by atoms with van der Waals surface area (Å²) in [6.07, 6.45) is 2.18. The van der Waals surface area contributed by atoms with Crippen molar-refractivity contribution in [2.45, 2.75) is 31.8 Å². The van der Waals surface area contributed by atoms with E-state index >= 15 is 0 Å². The summed E-state index contributed by atoms with van der Waals surface area (Å²) < 4.78 is 0. The molecule has 0 bridgehead atoms. The molecule has 0 aromatic rings. The third-order valence-corrected chi connectivity index (χ3v) is 2.86. The van der Waals surface area contributed by atoms with E-state index in [-0.39, 0.29) is 17.9 Å². The summed E-state index contributed by atoms with van der Waals surface area (Å²) in [5, 5.41) is 6.07. The van der Waals surface area contributed by atoms with Gasteiger partial charge in [0.05, 0.1) is 0 Å². The number of nitrogens with one attached hydrogen (secondary N) is 2. The zero-order valence-corrected chi connectivity index (χ0v) is 8.95. The summed E-state index contributed by atoms with van der Waals surface area (Å²) in [5.41, 5.74) is 0. The lowest BCUT2D eigenvalue weighted by Crippen LogP contribution is -2.58. The number of carbonyl (C=O) groups excluding carboxylic acids is 2. The van der Waals surface area contributed by atoms with Crippen LogP contribution in [-0.2, 0) is 9.59 Å². The highest BCUT2D eigenvalue weighted by Crippen LogP contribution is 2.18. The molecule has 1 aliphatic carbocycles. The van der Waals surface area contributed by atoms with Gasteiger partial charge in [-0.2, -0.15) is 0 Å². The molecular weight excluding hydrogens is 194 g/mol. The van der Waals surface area contributed by atoms with E-state index in [1.807, 2.05) is 0 Å². The molecule has 0 radical (unpaired) electrons. The predicted octanol–water partition coefficient (Wildman–Crippen LogP) is -0.915. The highest BCUT2D eigenvalue weighted by Gasteiger charge is 2.30. The van der Waals surface area contributed by atoms with Crippen LogP contribution in [0.25, 0.3) is 0 Å². The van der Waals surface area contributed by atoms with Crippen molar-refractivity contribution in [2.75, 3.05) is 19.6 Å². The molecule has 0 aromatic carbocycles. The monoisotopic (exact) mass is 211 g/mol. The van der Waals surface area contributed by atoms with E-state index in [1.165, 1.54) is 0 Å². The molecule has 2 amide bonds. The van der Waals surface area contributed by atoms with E-state index in [0.29, 0.717) is 25.7 Å². The number of rotatable bonds is 2. The molecule has 2 N–H and O–H groups in total. The molecule has 5 nitrogen and oxygen atoms in total. The highest BCUT2D eigenvalue weighted by molar-refractivity contribution is 5.84. The Labute approximate surface area is 89.2 Å². The molecule has 0 aromatic heterocycles. The first-order valence-electron chi connectivity index (χ1n) is 5.46. The smallest absolute Gasteiger partial charge is 0.239 e. The summed E-state index contributed by atoms with van der Waals surface area (Å²) >= 11 is 0. The Morgan fingerprint density at radius 2 is 2.13 bits per heavy atom. The molecule has 1 heterocycles. The molecule has 1 saturated carbocycles. The molecule has 2 rings (SSSR count).